The Labute approximate surface area is 107 Å². The quantitative estimate of drug-likeness (QED) is 0.284. The van der Waals surface area contributed by atoms with Crippen molar-refractivity contribution in [3.05, 3.63) is 0 Å². The van der Waals surface area contributed by atoms with Crippen molar-refractivity contribution in [2.75, 3.05) is 0 Å². The monoisotopic (exact) mass is 265 g/mol. The molecule has 0 atom stereocenters. The maximum Gasteiger partial charge on any atom is 2.00 e. The van der Waals surface area contributed by atoms with Gasteiger partial charge in [-0.3, -0.25) is 9.11 Å². The maximum absolute atomic E-state index is 8.74. The molecule has 0 aliphatic heterocycles. The number of hydrogen-bond acceptors (Lipinski definition) is 3. The molecule has 0 fully saturated rings. The summed E-state index contributed by atoms with van der Waals surface area (Å²) in [6.45, 7) is 0. The van der Waals surface area contributed by atoms with E-state index in [9.17, 15) is 0 Å². The standard InChI is InChI=1S/Ca.H3N.H2O4S.6H2O.2H/c;;1-5(2,3)4;;;;;;;;/h;1H3;(H2,1,2,3,4);6*1H2;;/q+2;;;;;;;;;2*-1. The van der Waals surface area contributed by atoms with Crippen LogP contribution in [0.1, 0.15) is 2.85 Å². The molecule has 17 N–H and O–H groups in total. The van der Waals surface area contributed by atoms with Gasteiger partial charge in [0.25, 0.3) is 0 Å². The topological polar surface area (TPSA) is 299 Å². The van der Waals surface area contributed by atoms with E-state index in [0.717, 1.165) is 0 Å². The fraction of sp³-hybridized carbons (Fsp3) is 0. The summed E-state index contributed by atoms with van der Waals surface area (Å²) < 4.78 is 31.6. The Kier molecular flexibility index (Phi) is 288. The molecule has 0 heterocycles. The third-order valence-electron chi connectivity index (χ3n) is 0. The van der Waals surface area contributed by atoms with Crippen molar-refractivity contribution in [1.82, 2.24) is 6.15 Å². The van der Waals surface area contributed by atoms with Gasteiger partial charge < -0.3 is 41.9 Å². The van der Waals surface area contributed by atoms with Gasteiger partial charge in [0.1, 0.15) is 0 Å². The smallest absolute Gasteiger partial charge is 1.00 e. The van der Waals surface area contributed by atoms with E-state index in [1.54, 1.807) is 0 Å². The van der Waals surface area contributed by atoms with E-state index in [0.29, 0.717) is 0 Å². The van der Waals surface area contributed by atoms with E-state index in [2.05, 4.69) is 0 Å². The Balaban J connectivity index is -0.00000000178. The van der Waals surface area contributed by atoms with Crippen molar-refractivity contribution in [3.8, 4) is 0 Å². The van der Waals surface area contributed by atoms with Crippen LogP contribution in [0.4, 0.5) is 0 Å². The van der Waals surface area contributed by atoms with E-state index >= 15 is 0 Å². The zero-order chi connectivity index (χ0) is 4.50. The van der Waals surface area contributed by atoms with Crippen LogP contribution in [-0.2, 0) is 10.4 Å². The predicted octanol–water partition coefficient (Wildman–Crippen LogP) is -5.59. The summed E-state index contributed by atoms with van der Waals surface area (Å²) in [4.78, 5) is 0. The second kappa shape index (κ2) is 38.5. The summed E-state index contributed by atoms with van der Waals surface area (Å²) in [6.07, 6.45) is 0. The molecule has 0 amide bonds. The molecule has 0 aromatic heterocycles. The van der Waals surface area contributed by atoms with Gasteiger partial charge in [-0.15, -0.1) is 0 Å². The van der Waals surface area contributed by atoms with E-state index in [1.165, 1.54) is 0 Å². The van der Waals surface area contributed by atoms with Crippen molar-refractivity contribution in [1.29, 1.82) is 0 Å². The van der Waals surface area contributed by atoms with Gasteiger partial charge in [-0.2, -0.15) is 8.42 Å². The molecule has 11 nitrogen and oxygen atoms in total. The normalized spacial score (nSPS) is 4.46. The van der Waals surface area contributed by atoms with Crippen molar-refractivity contribution >= 4 is 48.1 Å². The molecule has 13 heavy (non-hydrogen) atoms. The van der Waals surface area contributed by atoms with Crippen LogP contribution in [0.25, 0.3) is 0 Å². The van der Waals surface area contributed by atoms with Crippen LogP contribution in [0.3, 0.4) is 0 Å². The second-order valence-electron chi connectivity index (χ2n) is 0.448. The molecule has 0 rings (SSSR count). The van der Waals surface area contributed by atoms with Gasteiger partial charge in [-0.1, -0.05) is 0 Å². The van der Waals surface area contributed by atoms with Crippen LogP contribution in [-0.4, -0.2) is 88.1 Å². The van der Waals surface area contributed by atoms with Gasteiger partial charge in [-0.25, -0.2) is 0 Å². The van der Waals surface area contributed by atoms with Gasteiger partial charge in [-0.05, 0) is 0 Å². The molecular formula is H19CaNO10S. The Morgan fingerprint density at radius 3 is 0.769 bits per heavy atom. The molecule has 0 aliphatic carbocycles. The van der Waals surface area contributed by atoms with Crippen LogP contribution in [0, 0.1) is 0 Å². The molecule has 0 saturated carbocycles. The van der Waals surface area contributed by atoms with E-state index in [-0.39, 0.29) is 79.6 Å². The van der Waals surface area contributed by atoms with E-state index in [1.807, 2.05) is 0 Å². The third-order valence-corrected chi connectivity index (χ3v) is 0. The minimum absolute atomic E-state index is 0. The summed E-state index contributed by atoms with van der Waals surface area (Å²) in [5, 5.41) is 0. The average Bonchev–Trinajstić information content (AvgIpc) is 0.722. The number of rotatable bonds is 0. The SMILES string of the molecule is N.O.O.O.O.O.O.O=S(=O)(O)O.[Ca+2].[H-].[H-]. The number of hydrogen-bond donors (Lipinski definition) is 3. The van der Waals surface area contributed by atoms with Crippen LogP contribution in [0.2, 0.25) is 0 Å². The Morgan fingerprint density at radius 1 is 0.769 bits per heavy atom. The van der Waals surface area contributed by atoms with Crippen LogP contribution >= 0.6 is 0 Å². The van der Waals surface area contributed by atoms with Gasteiger partial charge in [0, 0.05) is 0 Å². The zero-order valence-electron chi connectivity index (χ0n) is 8.53. The van der Waals surface area contributed by atoms with E-state index < -0.39 is 10.4 Å². The molecule has 0 aliphatic rings. The minimum Gasteiger partial charge on any atom is -1.00 e. The summed E-state index contributed by atoms with van der Waals surface area (Å²) in [5.74, 6) is 0. The first kappa shape index (κ1) is 97.2. The predicted molar refractivity (Wildman–Crippen MR) is 48.9 cm³/mol. The van der Waals surface area contributed by atoms with Crippen molar-refractivity contribution in [2.45, 2.75) is 0 Å². The average molecular weight is 265 g/mol. The van der Waals surface area contributed by atoms with Crippen LogP contribution in [0.5, 0.6) is 0 Å². The van der Waals surface area contributed by atoms with Gasteiger partial charge in [0.05, 0.1) is 0 Å². The maximum atomic E-state index is 8.74. The fourth-order valence-corrected chi connectivity index (χ4v) is 0. The van der Waals surface area contributed by atoms with Gasteiger partial charge >= 0.3 is 48.1 Å². The third kappa shape index (κ3) is 2090. The minimum atomic E-state index is -4.67. The van der Waals surface area contributed by atoms with Gasteiger partial charge in [0.15, 0.2) is 0 Å². The summed E-state index contributed by atoms with van der Waals surface area (Å²) >= 11 is 0. The molecule has 0 bridgehead atoms. The molecule has 0 aromatic carbocycles. The molecule has 13 heteroatoms. The first-order valence-electron chi connectivity index (χ1n) is 0.698. The van der Waals surface area contributed by atoms with Crippen LogP contribution in [0.15, 0.2) is 0 Å². The summed E-state index contributed by atoms with van der Waals surface area (Å²) in [5.41, 5.74) is 0. The molecular weight excluding hydrogens is 246 g/mol. The first-order chi connectivity index (χ1) is 2.00. The summed E-state index contributed by atoms with van der Waals surface area (Å²) in [6, 6.07) is 0. The van der Waals surface area contributed by atoms with Gasteiger partial charge in [0.2, 0.25) is 0 Å². The molecule has 0 spiro atoms. The molecule has 0 radical (unpaired) electrons. The summed E-state index contributed by atoms with van der Waals surface area (Å²) in [7, 11) is -4.67. The Hall–Kier alpha value is 0.850. The van der Waals surface area contributed by atoms with Crippen molar-refractivity contribution < 1.29 is 53.2 Å². The van der Waals surface area contributed by atoms with Crippen LogP contribution < -0.4 is 6.15 Å². The molecule has 0 aromatic rings. The largest absolute Gasteiger partial charge is 2.00 e. The first-order valence-corrected chi connectivity index (χ1v) is 2.10. The fourth-order valence-electron chi connectivity index (χ4n) is 0. The zero-order valence-corrected chi connectivity index (χ0v) is 9.56. The molecule has 0 saturated heterocycles. The van der Waals surface area contributed by atoms with E-state index in [4.69, 9.17) is 17.5 Å². The van der Waals surface area contributed by atoms with Crippen molar-refractivity contribution in [3.63, 3.8) is 0 Å². The Bertz CT molecular complexity index is 107. The van der Waals surface area contributed by atoms with Crippen molar-refractivity contribution in [2.24, 2.45) is 0 Å². The second-order valence-corrected chi connectivity index (χ2v) is 1.34. The molecule has 0 unspecified atom stereocenters. The molecule has 92 valence electrons. The Morgan fingerprint density at radius 2 is 0.769 bits per heavy atom.